The van der Waals surface area contributed by atoms with Crippen molar-refractivity contribution in [1.29, 1.82) is 0 Å². The van der Waals surface area contributed by atoms with Crippen molar-refractivity contribution < 1.29 is 13.2 Å². The van der Waals surface area contributed by atoms with Gasteiger partial charge in [0.2, 0.25) is 10.0 Å². The number of hydrogen-bond acceptors (Lipinski definition) is 3. The summed E-state index contributed by atoms with van der Waals surface area (Å²) in [6.45, 7) is 3.98. The monoisotopic (exact) mass is 386 g/mol. The van der Waals surface area contributed by atoms with Crippen LogP contribution in [0.3, 0.4) is 0 Å². The topological polar surface area (TPSA) is 66.5 Å². The third kappa shape index (κ3) is 4.16. The van der Waals surface area contributed by atoms with Crippen molar-refractivity contribution in [2.75, 3.05) is 10.6 Å². The summed E-state index contributed by atoms with van der Waals surface area (Å²) in [6, 6.07) is 15.0. The average Bonchev–Trinajstić information content (AvgIpc) is 2.97. The van der Waals surface area contributed by atoms with Gasteiger partial charge >= 0.3 is 0 Å². The van der Waals surface area contributed by atoms with Crippen LogP contribution in [0.4, 0.5) is 5.69 Å². The number of rotatable bonds is 6. The Morgan fingerprint density at radius 1 is 1.22 bits per heavy atom. The van der Waals surface area contributed by atoms with Crippen molar-refractivity contribution in [1.82, 2.24) is 5.32 Å². The third-order valence-electron chi connectivity index (χ3n) is 4.94. The Balaban J connectivity index is 1.83. The molecule has 27 heavy (non-hydrogen) atoms. The maximum Gasteiger partial charge on any atom is 0.251 e. The van der Waals surface area contributed by atoms with Gasteiger partial charge in [0.15, 0.2) is 0 Å². The normalized spacial score (nSPS) is 17.4. The maximum atomic E-state index is 12.8. The highest BCUT2D eigenvalue weighted by Gasteiger charge is 2.32. The van der Waals surface area contributed by atoms with E-state index < -0.39 is 10.0 Å². The number of benzene rings is 2. The molecule has 1 N–H and O–H groups in total. The lowest BCUT2D eigenvalue weighted by atomic mass is 10.0. The maximum absolute atomic E-state index is 12.8. The highest BCUT2D eigenvalue weighted by Crippen LogP contribution is 2.34. The molecule has 1 heterocycles. The molecule has 3 rings (SSSR count). The van der Waals surface area contributed by atoms with E-state index in [-0.39, 0.29) is 18.0 Å². The second kappa shape index (κ2) is 7.72. The predicted octanol–water partition coefficient (Wildman–Crippen LogP) is 3.67. The van der Waals surface area contributed by atoms with E-state index in [1.54, 1.807) is 12.1 Å². The van der Waals surface area contributed by atoms with E-state index in [0.717, 1.165) is 24.0 Å². The second-order valence-electron chi connectivity index (χ2n) is 7.18. The van der Waals surface area contributed by atoms with E-state index in [2.05, 4.69) is 12.2 Å². The summed E-state index contributed by atoms with van der Waals surface area (Å²) in [4.78, 5) is 12.8. The number of nitrogens with zero attached hydrogens (tertiary/aromatic N) is 1. The SMILES string of the molecule is CCC[C@@H](NC(=O)c1ccc2c(c1)C[C@H](C)N2S(C)(=O)=O)c1ccccc1. The second-order valence-corrected chi connectivity index (χ2v) is 9.04. The molecule has 0 radical (unpaired) electrons. The van der Waals surface area contributed by atoms with Crippen molar-refractivity contribution in [3.8, 4) is 0 Å². The van der Waals surface area contributed by atoms with E-state index >= 15 is 0 Å². The summed E-state index contributed by atoms with van der Waals surface area (Å²) in [5.74, 6) is -0.134. The zero-order valence-electron chi connectivity index (χ0n) is 16.0. The van der Waals surface area contributed by atoms with Crippen LogP contribution in [0.15, 0.2) is 48.5 Å². The fourth-order valence-corrected chi connectivity index (χ4v) is 5.05. The van der Waals surface area contributed by atoms with E-state index in [1.165, 1.54) is 10.6 Å². The van der Waals surface area contributed by atoms with Crippen LogP contribution < -0.4 is 9.62 Å². The highest BCUT2D eigenvalue weighted by molar-refractivity contribution is 7.92. The number of anilines is 1. The van der Waals surface area contributed by atoms with Gasteiger partial charge in [-0.25, -0.2) is 8.42 Å². The number of fused-ring (bicyclic) bond motifs is 1. The molecule has 2 aromatic rings. The van der Waals surface area contributed by atoms with Crippen LogP contribution in [0.5, 0.6) is 0 Å². The molecule has 6 heteroatoms. The van der Waals surface area contributed by atoms with Gasteiger partial charge < -0.3 is 5.32 Å². The third-order valence-corrected chi connectivity index (χ3v) is 6.21. The van der Waals surface area contributed by atoms with E-state index in [0.29, 0.717) is 17.7 Å². The van der Waals surface area contributed by atoms with Gasteiger partial charge in [0.1, 0.15) is 0 Å². The molecule has 0 spiro atoms. The van der Waals surface area contributed by atoms with Gasteiger partial charge in [-0.2, -0.15) is 0 Å². The van der Waals surface area contributed by atoms with Crippen LogP contribution in [-0.2, 0) is 16.4 Å². The zero-order chi connectivity index (χ0) is 19.6. The molecule has 144 valence electrons. The Morgan fingerprint density at radius 3 is 2.56 bits per heavy atom. The lowest BCUT2D eigenvalue weighted by molar-refractivity contribution is 0.0934. The smallest absolute Gasteiger partial charge is 0.251 e. The predicted molar refractivity (Wildman–Crippen MR) is 108 cm³/mol. The molecule has 0 fully saturated rings. The molecule has 0 unspecified atom stereocenters. The van der Waals surface area contributed by atoms with Gasteiger partial charge in [0, 0.05) is 11.6 Å². The molecule has 0 aliphatic carbocycles. The zero-order valence-corrected chi connectivity index (χ0v) is 16.8. The van der Waals surface area contributed by atoms with E-state index in [9.17, 15) is 13.2 Å². The summed E-state index contributed by atoms with van der Waals surface area (Å²) in [5.41, 5.74) is 3.22. The molecular formula is C21H26N2O3S. The molecule has 1 amide bonds. The Kier molecular flexibility index (Phi) is 5.56. The van der Waals surface area contributed by atoms with Crippen LogP contribution in [0.25, 0.3) is 0 Å². The molecule has 1 aliphatic rings. The first-order valence-electron chi connectivity index (χ1n) is 9.29. The molecule has 0 aromatic heterocycles. The minimum atomic E-state index is -3.33. The number of amides is 1. The fraction of sp³-hybridized carbons (Fsp3) is 0.381. The Bertz CT molecular complexity index is 926. The summed E-state index contributed by atoms with van der Waals surface area (Å²) in [5, 5.41) is 3.12. The number of sulfonamides is 1. The number of carbonyl (C=O) groups excluding carboxylic acids is 1. The van der Waals surface area contributed by atoms with Crippen LogP contribution >= 0.6 is 0 Å². The largest absolute Gasteiger partial charge is 0.345 e. The Morgan fingerprint density at radius 2 is 1.93 bits per heavy atom. The van der Waals surface area contributed by atoms with Crippen LogP contribution in [0, 0.1) is 0 Å². The summed E-state index contributed by atoms with van der Waals surface area (Å²) < 4.78 is 25.5. The fourth-order valence-electron chi connectivity index (χ4n) is 3.79. The molecule has 1 aliphatic heterocycles. The Labute approximate surface area is 161 Å². The molecule has 2 atom stereocenters. The van der Waals surface area contributed by atoms with E-state index in [4.69, 9.17) is 0 Å². The summed E-state index contributed by atoms with van der Waals surface area (Å²) in [6.07, 6.45) is 3.65. The van der Waals surface area contributed by atoms with Crippen molar-refractivity contribution in [3.63, 3.8) is 0 Å². The van der Waals surface area contributed by atoms with Gasteiger partial charge in [-0.3, -0.25) is 9.10 Å². The number of hydrogen-bond donors (Lipinski definition) is 1. The number of carbonyl (C=O) groups is 1. The van der Waals surface area contributed by atoms with Crippen molar-refractivity contribution in [2.24, 2.45) is 0 Å². The molecule has 5 nitrogen and oxygen atoms in total. The van der Waals surface area contributed by atoms with Gasteiger partial charge in [-0.1, -0.05) is 43.7 Å². The van der Waals surface area contributed by atoms with Crippen molar-refractivity contribution in [3.05, 3.63) is 65.2 Å². The molecule has 0 saturated carbocycles. The van der Waals surface area contributed by atoms with Gasteiger partial charge in [-0.05, 0) is 49.1 Å². The van der Waals surface area contributed by atoms with Crippen molar-refractivity contribution in [2.45, 2.75) is 45.2 Å². The first kappa shape index (κ1) is 19.4. The van der Waals surface area contributed by atoms with Gasteiger partial charge in [0.25, 0.3) is 5.91 Å². The standard InChI is InChI=1S/C21H26N2O3S/c1-4-8-19(16-9-6-5-7-10-16)22-21(24)17-11-12-20-18(14-17)13-15(2)23(20)27(3,25)26/h5-7,9-12,14-15,19H,4,8,13H2,1-3H3,(H,22,24)/t15-,19+/m0/s1. The quantitative estimate of drug-likeness (QED) is 0.824. The minimum absolute atomic E-state index is 0.0385. The molecule has 2 aromatic carbocycles. The van der Waals surface area contributed by atoms with Crippen LogP contribution in [0.1, 0.15) is 54.2 Å². The van der Waals surface area contributed by atoms with Crippen LogP contribution in [-0.4, -0.2) is 26.6 Å². The molecule has 0 bridgehead atoms. The number of nitrogens with one attached hydrogen (secondary N) is 1. The summed E-state index contributed by atoms with van der Waals surface area (Å²) in [7, 11) is -3.33. The highest BCUT2D eigenvalue weighted by atomic mass is 32.2. The Hall–Kier alpha value is -2.34. The summed E-state index contributed by atoms with van der Waals surface area (Å²) >= 11 is 0. The lowest BCUT2D eigenvalue weighted by Crippen LogP contribution is -2.34. The van der Waals surface area contributed by atoms with Crippen LogP contribution in [0.2, 0.25) is 0 Å². The van der Waals surface area contributed by atoms with Crippen molar-refractivity contribution >= 4 is 21.6 Å². The van der Waals surface area contributed by atoms with Gasteiger partial charge in [-0.15, -0.1) is 0 Å². The molecular weight excluding hydrogens is 360 g/mol. The van der Waals surface area contributed by atoms with Gasteiger partial charge in [0.05, 0.1) is 18.0 Å². The van der Waals surface area contributed by atoms with E-state index in [1.807, 2.05) is 43.3 Å². The average molecular weight is 387 g/mol. The minimum Gasteiger partial charge on any atom is -0.345 e. The molecule has 0 saturated heterocycles. The lowest BCUT2D eigenvalue weighted by Gasteiger charge is -2.22. The first-order chi connectivity index (χ1) is 12.8. The first-order valence-corrected chi connectivity index (χ1v) is 11.1.